The number of ether oxygens (including phenoxy) is 2. The Hall–Kier alpha value is -3.66. The second-order valence-electron chi connectivity index (χ2n) is 6.10. The Kier molecular flexibility index (Phi) is 5.48. The van der Waals surface area contributed by atoms with E-state index in [0.717, 1.165) is 0 Å². The van der Waals surface area contributed by atoms with Gasteiger partial charge in [-0.2, -0.15) is 9.97 Å². The molecule has 0 spiro atoms. The standard InChI is InChI=1S/C20H16FN5O3S/c1-28-17-10-15(23-19(25-17)29-2)18(27)26(11-13-5-3-4-8-22-13)20-24-14-7-6-12(21)9-16(14)30-20/h3-10H,11H2,1-2H3. The third-order valence-corrected chi connectivity index (χ3v) is 5.20. The van der Waals surface area contributed by atoms with Gasteiger partial charge in [0.15, 0.2) is 5.13 Å². The highest BCUT2D eigenvalue weighted by Crippen LogP contribution is 2.31. The van der Waals surface area contributed by atoms with E-state index < -0.39 is 5.91 Å². The van der Waals surface area contributed by atoms with Crippen LogP contribution in [0, 0.1) is 5.82 Å². The zero-order chi connectivity index (χ0) is 21.1. The number of rotatable bonds is 6. The van der Waals surface area contributed by atoms with Gasteiger partial charge in [0, 0.05) is 12.3 Å². The Morgan fingerprint density at radius 2 is 1.97 bits per heavy atom. The first-order chi connectivity index (χ1) is 14.6. The fourth-order valence-electron chi connectivity index (χ4n) is 2.73. The molecule has 0 radical (unpaired) electrons. The molecule has 152 valence electrons. The van der Waals surface area contributed by atoms with Crippen molar-refractivity contribution in [3.05, 3.63) is 65.9 Å². The van der Waals surface area contributed by atoms with Gasteiger partial charge < -0.3 is 9.47 Å². The number of halogens is 1. The van der Waals surface area contributed by atoms with Crippen molar-refractivity contribution < 1.29 is 18.7 Å². The number of hydrogen-bond acceptors (Lipinski definition) is 8. The lowest BCUT2D eigenvalue weighted by molar-refractivity contribution is 0.0978. The Morgan fingerprint density at radius 3 is 2.70 bits per heavy atom. The maximum absolute atomic E-state index is 13.6. The molecule has 3 heterocycles. The molecule has 0 atom stereocenters. The summed E-state index contributed by atoms with van der Waals surface area (Å²) in [6.45, 7) is 0.149. The van der Waals surface area contributed by atoms with Crippen LogP contribution in [0.4, 0.5) is 9.52 Å². The van der Waals surface area contributed by atoms with Crippen LogP contribution in [0.25, 0.3) is 10.2 Å². The number of pyridine rings is 1. The van der Waals surface area contributed by atoms with Crippen molar-refractivity contribution in [1.29, 1.82) is 0 Å². The topological polar surface area (TPSA) is 90.3 Å². The van der Waals surface area contributed by atoms with Gasteiger partial charge in [-0.1, -0.05) is 17.4 Å². The number of anilines is 1. The zero-order valence-electron chi connectivity index (χ0n) is 16.1. The first-order valence-corrected chi connectivity index (χ1v) is 9.64. The number of carbonyl (C=O) groups is 1. The summed E-state index contributed by atoms with van der Waals surface area (Å²) in [7, 11) is 2.83. The number of amides is 1. The van der Waals surface area contributed by atoms with Crippen molar-refractivity contribution in [2.75, 3.05) is 19.1 Å². The largest absolute Gasteiger partial charge is 0.481 e. The van der Waals surface area contributed by atoms with Crippen LogP contribution in [0.15, 0.2) is 48.7 Å². The van der Waals surface area contributed by atoms with Crippen molar-refractivity contribution >= 4 is 32.6 Å². The Morgan fingerprint density at radius 1 is 1.10 bits per heavy atom. The third-order valence-electron chi connectivity index (χ3n) is 4.15. The summed E-state index contributed by atoms with van der Waals surface area (Å²) in [6, 6.07) is 11.1. The molecule has 4 aromatic rings. The summed E-state index contributed by atoms with van der Waals surface area (Å²) >= 11 is 1.20. The van der Waals surface area contributed by atoms with Crippen molar-refractivity contribution in [1.82, 2.24) is 19.9 Å². The van der Waals surface area contributed by atoms with E-state index in [1.807, 2.05) is 6.07 Å². The van der Waals surface area contributed by atoms with Gasteiger partial charge in [0.1, 0.15) is 11.5 Å². The molecule has 0 saturated carbocycles. The van der Waals surface area contributed by atoms with E-state index in [-0.39, 0.29) is 29.9 Å². The molecular weight excluding hydrogens is 409 g/mol. The molecule has 0 bridgehead atoms. The Bertz CT molecular complexity index is 1180. The van der Waals surface area contributed by atoms with E-state index in [1.165, 1.54) is 48.7 Å². The van der Waals surface area contributed by atoms with Gasteiger partial charge in [0.05, 0.1) is 36.7 Å². The molecule has 0 N–H and O–H groups in total. The number of benzene rings is 1. The molecule has 0 aliphatic rings. The average molecular weight is 425 g/mol. The predicted octanol–water partition coefficient (Wildman–Crippen LogP) is 3.48. The first-order valence-electron chi connectivity index (χ1n) is 8.82. The van der Waals surface area contributed by atoms with Crippen LogP contribution < -0.4 is 14.4 Å². The molecule has 8 nitrogen and oxygen atoms in total. The normalized spacial score (nSPS) is 10.8. The molecule has 10 heteroatoms. The van der Waals surface area contributed by atoms with Gasteiger partial charge in [-0.05, 0) is 30.3 Å². The molecule has 3 aromatic heterocycles. The van der Waals surface area contributed by atoms with Gasteiger partial charge in [0.25, 0.3) is 5.91 Å². The minimum absolute atomic E-state index is 0.00172. The van der Waals surface area contributed by atoms with Gasteiger partial charge >= 0.3 is 6.01 Å². The fourth-order valence-corrected chi connectivity index (χ4v) is 3.72. The lowest BCUT2D eigenvalue weighted by Crippen LogP contribution is -2.31. The van der Waals surface area contributed by atoms with Crippen LogP contribution in [0.3, 0.4) is 0 Å². The van der Waals surface area contributed by atoms with Crippen molar-refractivity contribution in [3.8, 4) is 11.9 Å². The number of nitrogens with zero attached hydrogens (tertiary/aromatic N) is 5. The quantitative estimate of drug-likeness (QED) is 0.467. The molecule has 0 unspecified atom stereocenters. The van der Waals surface area contributed by atoms with Gasteiger partial charge in [0.2, 0.25) is 5.88 Å². The molecule has 1 aromatic carbocycles. The molecule has 0 saturated heterocycles. The second-order valence-corrected chi connectivity index (χ2v) is 7.11. The van der Waals surface area contributed by atoms with E-state index in [2.05, 4.69) is 19.9 Å². The number of thiazole rings is 1. The summed E-state index contributed by atoms with van der Waals surface area (Å²) in [5.74, 6) is -0.626. The van der Waals surface area contributed by atoms with Gasteiger partial charge in [-0.3, -0.25) is 14.7 Å². The molecule has 0 aliphatic carbocycles. The van der Waals surface area contributed by atoms with Crippen LogP contribution in [-0.4, -0.2) is 40.1 Å². The average Bonchev–Trinajstić information content (AvgIpc) is 3.20. The summed E-state index contributed by atoms with van der Waals surface area (Å²) in [5, 5.41) is 0.391. The highest BCUT2D eigenvalue weighted by Gasteiger charge is 2.25. The maximum Gasteiger partial charge on any atom is 0.320 e. The lowest BCUT2D eigenvalue weighted by Gasteiger charge is -2.19. The SMILES string of the molecule is COc1cc(C(=O)N(Cc2ccccn2)c2nc3ccc(F)cc3s2)nc(OC)n1. The summed E-state index contributed by atoms with van der Waals surface area (Å²) in [4.78, 5) is 31.8. The lowest BCUT2D eigenvalue weighted by atomic mass is 10.3. The van der Waals surface area contributed by atoms with Crippen molar-refractivity contribution in [2.24, 2.45) is 0 Å². The summed E-state index contributed by atoms with van der Waals surface area (Å²) in [5.41, 5.74) is 1.32. The first kappa shape index (κ1) is 19.6. The monoisotopic (exact) mass is 425 g/mol. The predicted molar refractivity (Wildman–Crippen MR) is 109 cm³/mol. The van der Waals surface area contributed by atoms with Crippen LogP contribution in [-0.2, 0) is 6.54 Å². The van der Waals surface area contributed by atoms with Crippen molar-refractivity contribution in [3.63, 3.8) is 0 Å². The highest BCUT2D eigenvalue weighted by molar-refractivity contribution is 7.22. The number of methoxy groups -OCH3 is 2. The van der Waals surface area contributed by atoms with Gasteiger partial charge in [-0.15, -0.1) is 0 Å². The summed E-state index contributed by atoms with van der Waals surface area (Å²) < 4.78 is 24.5. The van der Waals surface area contributed by atoms with E-state index in [9.17, 15) is 9.18 Å². The van der Waals surface area contributed by atoms with Gasteiger partial charge in [-0.25, -0.2) is 9.37 Å². The number of aromatic nitrogens is 4. The van der Waals surface area contributed by atoms with E-state index >= 15 is 0 Å². The Balaban J connectivity index is 1.79. The minimum atomic E-state index is -0.445. The van der Waals surface area contributed by atoms with Crippen molar-refractivity contribution in [2.45, 2.75) is 6.54 Å². The fraction of sp³-hybridized carbons (Fsp3) is 0.150. The molecule has 0 fully saturated rings. The second kappa shape index (κ2) is 8.37. The van der Waals surface area contributed by atoms with Crippen LogP contribution in [0.2, 0.25) is 0 Å². The number of hydrogen-bond donors (Lipinski definition) is 0. The van der Waals surface area contributed by atoms with Crippen LogP contribution in [0.1, 0.15) is 16.2 Å². The Labute approximate surface area is 175 Å². The van der Waals surface area contributed by atoms with Crippen LogP contribution >= 0.6 is 11.3 Å². The molecule has 30 heavy (non-hydrogen) atoms. The smallest absolute Gasteiger partial charge is 0.320 e. The number of carbonyl (C=O) groups excluding carboxylic acids is 1. The van der Waals surface area contributed by atoms with E-state index in [0.29, 0.717) is 21.0 Å². The minimum Gasteiger partial charge on any atom is -0.481 e. The molecular formula is C20H16FN5O3S. The zero-order valence-corrected chi connectivity index (χ0v) is 16.9. The molecule has 0 aliphatic heterocycles. The third kappa shape index (κ3) is 4.03. The van der Waals surface area contributed by atoms with E-state index in [1.54, 1.807) is 24.4 Å². The van der Waals surface area contributed by atoms with Crippen LogP contribution in [0.5, 0.6) is 11.9 Å². The number of fused-ring (bicyclic) bond motifs is 1. The molecule has 4 rings (SSSR count). The highest BCUT2D eigenvalue weighted by atomic mass is 32.1. The molecule has 1 amide bonds. The summed E-state index contributed by atoms with van der Waals surface area (Å²) in [6.07, 6.45) is 1.64. The maximum atomic E-state index is 13.6. The van der Waals surface area contributed by atoms with E-state index in [4.69, 9.17) is 9.47 Å².